The minimum atomic E-state index is -0.230. The van der Waals surface area contributed by atoms with E-state index in [1.807, 2.05) is 29.2 Å². The Morgan fingerprint density at radius 1 is 1.13 bits per heavy atom. The van der Waals surface area contributed by atoms with Gasteiger partial charge in [0.15, 0.2) is 0 Å². The number of ether oxygens (including phenoxy) is 1. The average molecular weight is 554 g/mol. The van der Waals surface area contributed by atoms with Crippen LogP contribution in [0.25, 0.3) is 21.8 Å². The van der Waals surface area contributed by atoms with Crippen LogP contribution in [0.2, 0.25) is 10.0 Å². The molecule has 1 aromatic heterocycles. The van der Waals surface area contributed by atoms with E-state index >= 15 is 0 Å². The highest BCUT2D eigenvalue weighted by molar-refractivity contribution is 6.42. The smallest absolute Gasteiger partial charge is 0.224 e. The third-order valence-corrected chi connectivity index (χ3v) is 8.16. The van der Waals surface area contributed by atoms with Gasteiger partial charge in [-0.3, -0.25) is 4.79 Å². The van der Waals surface area contributed by atoms with Crippen molar-refractivity contribution >= 4 is 50.9 Å². The van der Waals surface area contributed by atoms with Crippen LogP contribution in [-0.4, -0.2) is 53.2 Å². The van der Waals surface area contributed by atoms with E-state index in [1.54, 1.807) is 7.11 Å². The number of hydrogen-bond donors (Lipinski definition) is 1. The molecule has 1 aliphatic heterocycles. The van der Waals surface area contributed by atoms with Crippen molar-refractivity contribution in [2.24, 2.45) is 5.73 Å². The first kappa shape index (κ1) is 26.9. The lowest BCUT2D eigenvalue weighted by atomic mass is 9.95. The maximum atomic E-state index is 13.3. The largest absolute Gasteiger partial charge is 0.385 e. The predicted molar refractivity (Wildman–Crippen MR) is 155 cm³/mol. The van der Waals surface area contributed by atoms with Gasteiger partial charge in [-0.25, -0.2) is 4.98 Å². The third kappa shape index (κ3) is 5.99. The molecule has 5 rings (SSSR count). The number of nitrogens with two attached hydrogens (primary N) is 1. The summed E-state index contributed by atoms with van der Waals surface area (Å²) in [5, 5.41) is 3.41. The zero-order valence-electron chi connectivity index (χ0n) is 21.7. The summed E-state index contributed by atoms with van der Waals surface area (Å²) in [4.78, 5) is 20.2. The van der Waals surface area contributed by atoms with Gasteiger partial charge < -0.3 is 19.9 Å². The van der Waals surface area contributed by atoms with Crippen LogP contribution in [0.3, 0.4) is 0 Å². The van der Waals surface area contributed by atoms with Crippen molar-refractivity contribution in [3.63, 3.8) is 0 Å². The highest BCUT2D eigenvalue weighted by Gasteiger charge is 2.29. The van der Waals surface area contributed by atoms with E-state index in [-0.39, 0.29) is 17.9 Å². The molecule has 2 N–H and O–H groups in total. The molecule has 4 aromatic rings. The number of benzene rings is 3. The molecule has 0 saturated carbocycles. The standard InChI is InChI=1S/C30H34Cl2N4O2/c1-38-13-5-12-36-28-18-26(32)25(31)17-27(28)34-30(36)23-8-4-11-35(19-23)29(37)16-24(33)15-20-9-10-21-6-2-3-7-22(21)14-20/h2-3,6-7,9-10,14,17-18,23-24H,4-5,8,11-13,15-16,19,33H2,1H3. The number of carbonyl (C=O) groups excluding carboxylic acids is 1. The lowest BCUT2D eigenvalue weighted by Gasteiger charge is -2.33. The first-order valence-corrected chi connectivity index (χ1v) is 14.0. The molecule has 1 fully saturated rings. The molecule has 0 radical (unpaired) electrons. The summed E-state index contributed by atoms with van der Waals surface area (Å²) in [5.74, 6) is 1.22. The molecular formula is C30H34Cl2N4O2. The molecule has 1 aliphatic rings. The monoisotopic (exact) mass is 552 g/mol. The van der Waals surface area contributed by atoms with E-state index in [1.165, 1.54) is 10.8 Å². The molecule has 8 heteroatoms. The summed E-state index contributed by atoms with van der Waals surface area (Å²) in [6.45, 7) is 2.81. The Hall–Kier alpha value is -2.64. The lowest BCUT2D eigenvalue weighted by molar-refractivity contribution is -0.132. The van der Waals surface area contributed by atoms with Gasteiger partial charge in [0.25, 0.3) is 0 Å². The van der Waals surface area contributed by atoms with Gasteiger partial charge in [-0.15, -0.1) is 0 Å². The number of halogens is 2. The lowest BCUT2D eigenvalue weighted by Crippen LogP contribution is -2.42. The Kier molecular flexibility index (Phi) is 8.54. The molecule has 2 unspecified atom stereocenters. The molecule has 38 heavy (non-hydrogen) atoms. The molecule has 2 heterocycles. The van der Waals surface area contributed by atoms with Gasteiger partial charge in [0, 0.05) is 51.7 Å². The summed E-state index contributed by atoms with van der Waals surface area (Å²) in [6.07, 6.45) is 3.76. The minimum Gasteiger partial charge on any atom is -0.385 e. The Morgan fingerprint density at radius 3 is 2.74 bits per heavy atom. The fourth-order valence-corrected chi connectivity index (χ4v) is 5.88. The van der Waals surface area contributed by atoms with Crippen molar-refractivity contribution in [2.75, 3.05) is 26.8 Å². The zero-order chi connectivity index (χ0) is 26.6. The second-order valence-electron chi connectivity index (χ2n) is 10.3. The van der Waals surface area contributed by atoms with Gasteiger partial charge in [-0.2, -0.15) is 0 Å². The topological polar surface area (TPSA) is 73.4 Å². The number of piperidine rings is 1. The quantitative estimate of drug-likeness (QED) is 0.251. The number of rotatable bonds is 9. The molecule has 1 amide bonds. The van der Waals surface area contributed by atoms with Crippen LogP contribution in [0.5, 0.6) is 0 Å². The maximum absolute atomic E-state index is 13.3. The van der Waals surface area contributed by atoms with Gasteiger partial charge in [-0.1, -0.05) is 65.7 Å². The van der Waals surface area contributed by atoms with E-state index < -0.39 is 0 Å². The highest BCUT2D eigenvalue weighted by Crippen LogP contribution is 2.33. The highest BCUT2D eigenvalue weighted by atomic mass is 35.5. The fraction of sp³-hybridized carbons (Fsp3) is 0.400. The van der Waals surface area contributed by atoms with E-state index in [0.717, 1.165) is 54.8 Å². The SMILES string of the molecule is COCCCn1c(C2CCCN(C(=O)CC(N)Cc3ccc4ccccc4c3)C2)nc2cc(Cl)c(Cl)cc21. The molecule has 1 saturated heterocycles. The van der Waals surface area contributed by atoms with Crippen LogP contribution < -0.4 is 5.73 Å². The van der Waals surface area contributed by atoms with Gasteiger partial charge in [-0.05, 0) is 54.2 Å². The van der Waals surface area contributed by atoms with E-state index in [4.69, 9.17) is 38.7 Å². The number of methoxy groups -OCH3 is 1. The number of amides is 1. The number of aryl methyl sites for hydroxylation is 1. The predicted octanol–water partition coefficient (Wildman–Crippen LogP) is 6.20. The van der Waals surface area contributed by atoms with E-state index in [0.29, 0.717) is 36.0 Å². The number of nitrogens with zero attached hydrogens (tertiary/aromatic N) is 3. The maximum Gasteiger partial charge on any atom is 0.224 e. The second kappa shape index (κ2) is 12.0. The fourth-order valence-electron chi connectivity index (χ4n) is 5.56. The van der Waals surface area contributed by atoms with Crippen molar-refractivity contribution in [2.45, 2.75) is 50.6 Å². The third-order valence-electron chi connectivity index (χ3n) is 7.44. The first-order chi connectivity index (χ1) is 18.4. The van der Waals surface area contributed by atoms with Crippen LogP contribution in [0.15, 0.2) is 54.6 Å². The van der Waals surface area contributed by atoms with Crippen LogP contribution >= 0.6 is 23.2 Å². The van der Waals surface area contributed by atoms with Crippen LogP contribution in [0.4, 0.5) is 0 Å². The second-order valence-corrected chi connectivity index (χ2v) is 11.1. The number of likely N-dealkylation sites (tertiary alicyclic amines) is 1. The summed E-state index contributed by atoms with van der Waals surface area (Å²) >= 11 is 12.6. The summed E-state index contributed by atoms with van der Waals surface area (Å²) in [6, 6.07) is 18.2. The van der Waals surface area contributed by atoms with Crippen molar-refractivity contribution in [3.05, 3.63) is 76.0 Å². The molecule has 0 spiro atoms. The summed E-state index contributed by atoms with van der Waals surface area (Å²) < 4.78 is 7.51. The van der Waals surface area contributed by atoms with Gasteiger partial charge >= 0.3 is 0 Å². The number of aromatic nitrogens is 2. The average Bonchev–Trinajstić information content (AvgIpc) is 3.26. The molecule has 2 atom stereocenters. The van der Waals surface area contributed by atoms with Crippen LogP contribution in [0.1, 0.15) is 43.0 Å². The summed E-state index contributed by atoms with van der Waals surface area (Å²) in [5.41, 5.74) is 9.42. The molecule has 200 valence electrons. The Balaban J connectivity index is 1.29. The van der Waals surface area contributed by atoms with E-state index in [2.05, 4.69) is 34.9 Å². The number of fused-ring (bicyclic) bond motifs is 2. The Bertz CT molecular complexity index is 1440. The molecule has 3 aromatic carbocycles. The van der Waals surface area contributed by atoms with E-state index in [9.17, 15) is 4.79 Å². The van der Waals surface area contributed by atoms with Gasteiger partial charge in [0.1, 0.15) is 5.82 Å². The molecule has 0 bridgehead atoms. The normalized spacial score (nSPS) is 16.8. The van der Waals surface area contributed by atoms with Crippen molar-refractivity contribution in [1.29, 1.82) is 0 Å². The molecular weight excluding hydrogens is 519 g/mol. The van der Waals surface area contributed by atoms with Crippen LogP contribution in [-0.2, 0) is 22.5 Å². The Labute approximate surface area is 233 Å². The van der Waals surface area contributed by atoms with Gasteiger partial charge in [0.05, 0.1) is 21.1 Å². The number of carbonyl (C=O) groups is 1. The number of imidazole rings is 1. The number of hydrogen-bond acceptors (Lipinski definition) is 4. The first-order valence-electron chi connectivity index (χ1n) is 13.3. The van der Waals surface area contributed by atoms with Crippen LogP contribution in [0, 0.1) is 0 Å². The molecule has 6 nitrogen and oxygen atoms in total. The van der Waals surface area contributed by atoms with Crippen molar-refractivity contribution in [1.82, 2.24) is 14.5 Å². The zero-order valence-corrected chi connectivity index (χ0v) is 23.2. The Morgan fingerprint density at radius 2 is 1.92 bits per heavy atom. The van der Waals surface area contributed by atoms with Crippen molar-refractivity contribution in [3.8, 4) is 0 Å². The minimum absolute atomic E-state index is 0.108. The molecule has 0 aliphatic carbocycles. The summed E-state index contributed by atoms with van der Waals surface area (Å²) in [7, 11) is 1.71. The van der Waals surface area contributed by atoms with Gasteiger partial charge in [0.2, 0.25) is 5.91 Å². The van der Waals surface area contributed by atoms with Crippen molar-refractivity contribution < 1.29 is 9.53 Å².